The molecule has 16 heavy (non-hydrogen) atoms. The summed E-state index contributed by atoms with van der Waals surface area (Å²) in [5.74, 6) is 0. The maximum Gasteiger partial charge on any atom is 4.00 e. The van der Waals surface area contributed by atoms with Crippen molar-refractivity contribution >= 4 is 8.80 Å². The van der Waals surface area contributed by atoms with Gasteiger partial charge in [0.2, 0.25) is 0 Å². The molecular weight excluding hydrogens is 296 g/mol. The molecule has 0 heterocycles. The summed E-state index contributed by atoms with van der Waals surface area (Å²) in [6.45, 7) is 10.5. The molecule has 1 aliphatic carbocycles. The van der Waals surface area contributed by atoms with E-state index >= 15 is 0 Å². The van der Waals surface area contributed by atoms with Gasteiger partial charge in [-0.05, 0) is 0 Å². The van der Waals surface area contributed by atoms with Crippen LogP contribution in [0.2, 0.25) is 19.6 Å². The summed E-state index contributed by atoms with van der Waals surface area (Å²) >= 11 is 0. The minimum Gasteiger partial charge on any atom is -1.00 e. The second-order valence-electron chi connectivity index (χ2n) is 3.66. The maximum absolute atomic E-state index is 6.58. The Hall–Kier alpha value is 0.821. The van der Waals surface area contributed by atoms with Crippen LogP contribution in [0.4, 0.5) is 0 Å². The quantitative estimate of drug-likeness (QED) is 0.369. The Morgan fingerprint density at radius 1 is 1.19 bits per heavy atom. The van der Waals surface area contributed by atoms with Gasteiger partial charge in [-0.25, -0.2) is 12.2 Å². The first-order valence-corrected chi connectivity index (χ1v) is 7.66. The summed E-state index contributed by atoms with van der Waals surface area (Å²) in [5, 5.41) is 0. The molecule has 0 aromatic heterocycles. The van der Waals surface area contributed by atoms with E-state index in [1.165, 1.54) is 0 Å². The van der Waals surface area contributed by atoms with Crippen LogP contribution in [0.25, 0.3) is 5.73 Å². The first kappa shape index (κ1) is 30.1. The van der Waals surface area contributed by atoms with Gasteiger partial charge in [0.1, 0.15) is 0 Å². The molecule has 0 amide bonds. The van der Waals surface area contributed by atoms with Crippen molar-refractivity contribution in [2.24, 2.45) is 0 Å². The zero-order valence-corrected chi connectivity index (χ0v) is 14.6. The number of hydrogen-bond donors (Lipinski definition) is 0. The second kappa shape index (κ2) is 24.9. The molecule has 94 valence electrons. The fraction of sp³-hybridized carbons (Fsp3) is 0.636. The van der Waals surface area contributed by atoms with Crippen LogP contribution < -0.4 is 24.8 Å². The summed E-state index contributed by atoms with van der Waals surface area (Å²) in [5.41, 5.74) is 6.58. The molecule has 0 spiro atoms. The van der Waals surface area contributed by atoms with Gasteiger partial charge in [0, 0.05) is 8.80 Å². The van der Waals surface area contributed by atoms with Gasteiger partial charge < -0.3 is 30.5 Å². The Labute approximate surface area is 128 Å². The van der Waals surface area contributed by atoms with Gasteiger partial charge in [-0.1, -0.05) is 33.5 Å². The number of halogens is 2. The van der Waals surface area contributed by atoms with Crippen molar-refractivity contribution in [1.82, 2.24) is 0 Å². The molecule has 1 nitrogen and oxygen atoms in total. The Kier molecular flexibility index (Phi) is 46.8. The molecule has 0 aliphatic heterocycles. The standard InChI is InChI=1S/C5H5.C3H8N.C3H9Si.2ClH.V/c1-2-4-5-3-1;1-3(2)4;1-4(2)3;;;/h1-3H,4H2;3-4H,1-2H3;1-3H3;2*1H;/q2*-1;;;;+4/p-2. The van der Waals surface area contributed by atoms with Crippen LogP contribution in [0.15, 0.2) is 18.2 Å². The fourth-order valence-electron chi connectivity index (χ4n) is 0.340. The van der Waals surface area contributed by atoms with Crippen LogP contribution >= 0.6 is 0 Å². The van der Waals surface area contributed by atoms with Crippen molar-refractivity contribution in [1.29, 1.82) is 0 Å². The van der Waals surface area contributed by atoms with Crippen molar-refractivity contribution < 1.29 is 43.4 Å². The van der Waals surface area contributed by atoms with E-state index in [-0.39, 0.29) is 58.2 Å². The minimum atomic E-state index is 0. The zero-order chi connectivity index (χ0) is 10.7. The van der Waals surface area contributed by atoms with E-state index in [0.29, 0.717) is 0 Å². The van der Waals surface area contributed by atoms with E-state index in [1.807, 2.05) is 26.0 Å². The van der Waals surface area contributed by atoms with Crippen molar-refractivity contribution in [3.05, 3.63) is 30.0 Å². The van der Waals surface area contributed by atoms with Gasteiger partial charge in [0.25, 0.3) is 0 Å². The molecule has 1 aliphatic rings. The van der Waals surface area contributed by atoms with Crippen LogP contribution in [0.3, 0.4) is 0 Å². The summed E-state index contributed by atoms with van der Waals surface area (Å²) in [6.07, 6.45) is 10.0. The third-order valence-corrected chi connectivity index (χ3v) is 0.586. The van der Waals surface area contributed by atoms with Crippen LogP contribution in [0, 0.1) is 6.08 Å². The summed E-state index contributed by atoms with van der Waals surface area (Å²) in [6, 6.07) is 0.0833. The molecular formula is C11H22Cl2NSiV. The zero-order valence-electron chi connectivity index (χ0n) is 10.7. The molecule has 0 atom stereocenters. The van der Waals surface area contributed by atoms with Gasteiger partial charge in [-0.15, -0.1) is 12.5 Å². The van der Waals surface area contributed by atoms with Crippen molar-refractivity contribution in [2.75, 3.05) is 0 Å². The molecule has 1 N–H and O–H groups in total. The van der Waals surface area contributed by atoms with E-state index in [1.54, 1.807) is 0 Å². The van der Waals surface area contributed by atoms with Crippen LogP contribution in [0.5, 0.6) is 0 Å². The van der Waals surface area contributed by atoms with E-state index in [2.05, 4.69) is 31.8 Å². The van der Waals surface area contributed by atoms with E-state index < -0.39 is 0 Å². The molecule has 5 heteroatoms. The van der Waals surface area contributed by atoms with Gasteiger partial charge >= 0.3 is 18.6 Å². The smallest absolute Gasteiger partial charge is 1.00 e. The van der Waals surface area contributed by atoms with Gasteiger partial charge in [0.15, 0.2) is 0 Å². The van der Waals surface area contributed by atoms with Crippen molar-refractivity contribution in [3.63, 3.8) is 0 Å². The van der Waals surface area contributed by atoms with Crippen LogP contribution in [-0.4, -0.2) is 14.8 Å². The van der Waals surface area contributed by atoms with E-state index in [9.17, 15) is 0 Å². The molecule has 0 aromatic carbocycles. The molecule has 0 aromatic rings. The second-order valence-corrected chi connectivity index (χ2v) is 6.66. The number of hydrogen-bond acceptors (Lipinski definition) is 0. The van der Waals surface area contributed by atoms with Crippen LogP contribution in [-0.2, 0) is 18.6 Å². The van der Waals surface area contributed by atoms with Crippen molar-refractivity contribution in [3.8, 4) is 0 Å². The monoisotopic (exact) mass is 317 g/mol. The molecule has 1 rings (SSSR count). The topological polar surface area (TPSA) is 23.8 Å². The number of allylic oxidation sites excluding steroid dienone is 4. The average Bonchev–Trinajstić information content (AvgIpc) is 2.35. The number of rotatable bonds is 0. The van der Waals surface area contributed by atoms with Gasteiger partial charge in [0.05, 0.1) is 0 Å². The maximum atomic E-state index is 6.58. The molecule has 0 unspecified atom stereocenters. The SMILES string of the molecule is CC(C)[NH-].C[Si](C)C.[C-]1=CC=CC1.[Cl-].[Cl-].[V+4]. The fourth-order valence-corrected chi connectivity index (χ4v) is 0.340. The molecule has 0 saturated carbocycles. The Morgan fingerprint density at radius 3 is 1.56 bits per heavy atom. The third-order valence-electron chi connectivity index (χ3n) is 0.586. The summed E-state index contributed by atoms with van der Waals surface area (Å²) < 4.78 is 0. The van der Waals surface area contributed by atoms with Crippen LogP contribution in [0.1, 0.15) is 20.3 Å². The Balaban J connectivity index is -0.0000000350. The molecule has 0 bridgehead atoms. The van der Waals surface area contributed by atoms with E-state index in [4.69, 9.17) is 5.73 Å². The van der Waals surface area contributed by atoms with Gasteiger partial charge in [-0.3, -0.25) is 6.08 Å². The Morgan fingerprint density at radius 2 is 1.50 bits per heavy atom. The Bertz CT molecular complexity index is 129. The predicted octanol–water partition coefficient (Wildman–Crippen LogP) is -1.87. The first-order valence-electron chi connectivity index (χ1n) is 4.66. The summed E-state index contributed by atoms with van der Waals surface area (Å²) in [7, 11) is 0.120. The van der Waals surface area contributed by atoms with Crippen molar-refractivity contribution in [2.45, 2.75) is 46.0 Å². The molecule has 0 fully saturated rings. The number of nitrogens with one attached hydrogen (secondary N) is 1. The minimum absolute atomic E-state index is 0. The van der Waals surface area contributed by atoms with E-state index in [0.717, 1.165) is 6.42 Å². The predicted molar refractivity (Wildman–Crippen MR) is 64.4 cm³/mol. The third kappa shape index (κ3) is 83.5. The largest absolute Gasteiger partial charge is 4.00 e. The normalized spacial score (nSPS) is 10.0. The molecule has 2 radical (unpaired) electrons. The average molecular weight is 318 g/mol. The summed E-state index contributed by atoms with van der Waals surface area (Å²) in [4.78, 5) is 0. The van der Waals surface area contributed by atoms with Gasteiger partial charge in [-0.2, -0.15) is 6.08 Å². The first-order chi connectivity index (χ1) is 5.96. The molecule has 0 saturated heterocycles.